The Morgan fingerprint density at radius 1 is 1.18 bits per heavy atom. The first-order chi connectivity index (χ1) is 18.2. The van der Waals surface area contributed by atoms with Crippen molar-refractivity contribution >= 4 is 50.6 Å². The van der Waals surface area contributed by atoms with Gasteiger partial charge < -0.3 is 15.3 Å². The molecule has 1 aliphatic rings. The molecule has 3 N–H and O–H groups in total. The minimum absolute atomic E-state index is 0.0108. The third kappa shape index (κ3) is 5.96. The van der Waals surface area contributed by atoms with Crippen LogP contribution in [0, 0.1) is 0 Å². The second-order valence-corrected chi connectivity index (χ2v) is 10.6. The molecule has 4 aromatic rings. The van der Waals surface area contributed by atoms with Gasteiger partial charge in [-0.1, -0.05) is 35.1 Å². The van der Waals surface area contributed by atoms with Crippen molar-refractivity contribution in [2.75, 3.05) is 51.6 Å². The van der Waals surface area contributed by atoms with Crippen LogP contribution in [0.25, 0.3) is 22.6 Å². The number of piperazine rings is 1. The van der Waals surface area contributed by atoms with Crippen LogP contribution in [0.2, 0.25) is 5.02 Å². The molecule has 0 radical (unpaired) electrons. The zero-order valence-electron chi connectivity index (χ0n) is 20.5. The molecule has 1 aliphatic heterocycles. The Balaban J connectivity index is 1.49. The highest BCUT2D eigenvalue weighted by atomic mass is 35.5. The van der Waals surface area contributed by atoms with Crippen LogP contribution in [0.1, 0.15) is 21.6 Å². The molecule has 7 nitrogen and oxygen atoms in total. The standard InChI is InChI=1S/C26H26ClF3N6OS/c1-35-8-10-36(11-9-35)7-6-31-25-33-24(37)23(38-25)20(16-3-5-22-18(12-16)15-32-34-22)13-17-2-4-19(27)14-21(17)26(28,29)30/h2-5,12-15,37H,6-11H2,1H3,(H,31,33)(H,32,34). The average Bonchev–Trinajstić information content (AvgIpc) is 3.49. The zero-order valence-corrected chi connectivity index (χ0v) is 22.1. The summed E-state index contributed by atoms with van der Waals surface area (Å²) in [5, 5.41) is 22.2. The number of alkyl halides is 3. The van der Waals surface area contributed by atoms with Gasteiger partial charge in [-0.05, 0) is 48.5 Å². The number of likely N-dealkylation sites (N-methyl/N-ethyl adjacent to an activating group) is 1. The summed E-state index contributed by atoms with van der Waals surface area (Å²) in [6.07, 6.45) is -1.55. The van der Waals surface area contributed by atoms with Gasteiger partial charge in [0.05, 0.1) is 17.3 Å². The molecule has 2 aromatic heterocycles. The largest absolute Gasteiger partial charge is 0.492 e. The van der Waals surface area contributed by atoms with Crippen LogP contribution < -0.4 is 5.32 Å². The van der Waals surface area contributed by atoms with Crippen molar-refractivity contribution in [2.24, 2.45) is 0 Å². The van der Waals surface area contributed by atoms with Gasteiger partial charge >= 0.3 is 6.18 Å². The summed E-state index contributed by atoms with van der Waals surface area (Å²) in [4.78, 5) is 9.26. The maximum Gasteiger partial charge on any atom is 0.417 e. The van der Waals surface area contributed by atoms with E-state index >= 15 is 0 Å². The van der Waals surface area contributed by atoms with Crippen molar-refractivity contribution in [3.63, 3.8) is 0 Å². The van der Waals surface area contributed by atoms with E-state index in [2.05, 4.69) is 37.3 Å². The SMILES string of the molecule is CN1CCN(CCNc2nc(O)c(C(=Cc3ccc(Cl)cc3C(F)(F)F)c3ccc4[nH]ncc4c3)s2)CC1. The average molecular weight is 563 g/mol. The van der Waals surface area contributed by atoms with Crippen LogP contribution in [-0.2, 0) is 6.18 Å². The second kappa shape index (κ2) is 10.9. The van der Waals surface area contributed by atoms with Gasteiger partial charge in [0.15, 0.2) is 5.13 Å². The normalized spacial score (nSPS) is 15.9. The van der Waals surface area contributed by atoms with Crippen molar-refractivity contribution in [1.82, 2.24) is 25.0 Å². The number of aromatic hydroxyl groups is 1. The molecule has 0 spiro atoms. The van der Waals surface area contributed by atoms with Crippen molar-refractivity contribution < 1.29 is 18.3 Å². The van der Waals surface area contributed by atoms with Gasteiger partial charge in [-0.3, -0.25) is 10.00 Å². The van der Waals surface area contributed by atoms with E-state index in [1.54, 1.807) is 18.3 Å². The van der Waals surface area contributed by atoms with E-state index in [-0.39, 0.29) is 16.5 Å². The first-order valence-corrected chi connectivity index (χ1v) is 13.2. The first-order valence-electron chi connectivity index (χ1n) is 12.0. The predicted molar refractivity (Wildman–Crippen MR) is 146 cm³/mol. The lowest BCUT2D eigenvalue weighted by Gasteiger charge is -2.32. The maximum atomic E-state index is 13.9. The third-order valence-corrected chi connectivity index (χ3v) is 7.80. The molecule has 0 atom stereocenters. The fraction of sp³-hybridized carbons (Fsp3) is 0.308. The Morgan fingerprint density at radius 3 is 2.74 bits per heavy atom. The van der Waals surface area contributed by atoms with E-state index in [0.29, 0.717) is 27.7 Å². The van der Waals surface area contributed by atoms with Gasteiger partial charge in [-0.25, -0.2) is 0 Å². The lowest BCUT2D eigenvalue weighted by atomic mass is 9.98. The number of nitrogens with one attached hydrogen (secondary N) is 2. The molecule has 5 rings (SSSR count). The summed E-state index contributed by atoms with van der Waals surface area (Å²) in [5.41, 5.74) is 0.881. The summed E-state index contributed by atoms with van der Waals surface area (Å²) in [7, 11) is 2.10. The van der Waals surface area contributed by atoms with Crippen molar-refractivity contribution in [2.45, 2.75) is 6.18 Å². The van der Waals surface area contributed by atoms with Gasteiger partial charge in [0.25, 0.3) is 0 Å². The summed E-state index contributed by atoms with van der Waals surface area (Å²) in [6, 6.07) is 9.03. The van der Waals surface area contributed by atoms with E-state index in [9.17, 15) is 18.3 Å². The van der Waals surface area contributed by atoms with E-state index in [1.807, 2.05) is 6.07 Å². The molecule has 0 saturated carbocycles. The predicted octanol–water partition coefficient (Wildman–Crippen LogP) is 5.65. The number of halogens is 4. The molecule has 0 aliphatic carbocycles. The number of thiazole rings is 1. The minimum Gasteiger partial charge on any atom is -0.492 e. The zero-order chi connectivity index (χ0) is 26.9. The Hall–Kier alpha value is -3.12. The Morgan fingerprint density at radius 2 is 1.97 bits per heavy atom. The van der Waals surface area contributed by atoms with Crippen LogP contribution in [0.5, 0.6) is 5.88 Å². The molecule has 2 aromatic carbocycles. The highest BCUT2D eigenvalue weighted by Gasteiger charge is 2.33. The number of aromatic amines is 1. The van der Waals surface area contributed by atoms with Crippen molar-refractivity contribution in [1.29, 1.82) is 0 Å². The van der Waals surface area contributed by atoms with E-state index in [1.165, 1.54) is 29.5 Å². The number of rotatable bonds is 7. The monoisotopic (exact) mass is 562 g/mol. The Bertz CT molecular complexity index is 1460. The Kier molecular flexibility index (Phi) is 7.62. The lowest BCUT2D eigenvalue weighted by molar-refractivity contribution is -0.137. The van der Waals surface area contributed by atoms with Gasteiger partial charge in [-0.2, -0.15) is 23.3 Å². The summed E-state index contributed by atoms with van der Waals surface area (Å²) in [5.74, 6) is -0.252. The summed E-state index contributed by atoms with van der Waals surface area (Å²) in [6.45, 7) is 5.45. The number of H-pyrrole nitrogens is 1. The van der Waals surface area contributed by atoms with Crippen molar-refractivity contribution in [3.05, 3.63) is 69.2 Å². The van der Waals surface area contributed by atoms with Gasteiger partial charge in [-0.15, -0.1) is 0 Å². The second-order valence-electron chi connectivity index (χ2n) is 9.20. The fourth-order valence-electron chi connectivity index (χ4n) is 4.40. The Labute approximate surface area is 226 Å². The van der Waals surface area contributed by atoms with Gasteiger partial charge in [0.1, 0.15) is 4.88 Å². The molecular formula is C26H26ClF3N6OS. The smallest absolute Gasteiger partial charge is 0.417 e. The fourth-order valence-corrected chi connectivity index (χ4v) is 5.50. The molecule has 3 heterocycles. The van der Waals surface area contributed by atoms with Crippen LogP contribution in [0.15, 0.2) is 42.6 Å². The molecule has 200 valence electrons. The van der Waals surface area contributed by atoms with Gasteiger partial charge in [0, 0.05) is 55.3 Å². The third-order valence-electron chi connectivity index (χ3n) is 6.53. The van der Waals surface area contributed by atoms with E-state index in [0.717, 1.165) is 49.7 Å². The van der Waals surface area contributed by atoms with Crippen LogP contribution in [-0.4, -0.2) is 76.4 Å². The molecule has 0 unspecified atom stereocenters. The summed E-state index contributed by atoms with van der Waals surface area (Å²) < 4.78 is 41.6. The van der Waals surface area contributed by atoms with Gasteiger partial charge in [0.2, 0.25) is 5.88 Å². The number of aromatic nitrogens is 3. The lowest BCUT2D eigenvalue weighted by Crippen LogP contribution is -2.45. The molecule has 38 heavy (non-hydrogen) atoms. The molecule has 1 fully saturated rings. The highest BCUT2D eigenvalue weighted by Crippen LogP contribution is 2.41. The molecular weight excluding hydrogens is 537 g/mol. The minimum atomic E-state index is -4.61. The molecule has 0 bridgehead atoms. The van der Waals surface area contributed by atoms with Crippen LogP contribution in [0.4, 0.5) is 18.3 Å². The maximum absolute atomic E-state index is 13.9. The number of anilines is 1. The molecule has 12 heteroatoms. The quantitative estimate of drug-likeness (QED) is 0.253. The number of benzene rings is 2. The number of nitrogens with zero attached hydrogens (tertiary/aromatic N) is 4. The summed E-state index contributed by atoms with van der Waals surface area (Å²) >= 11 is 7.09. The number of hydrogen-bond donors (Lipinski definition) is 3. The van der Waals surface area contributed by atoms with Crippen LogP contribution >= 0.6 is 22.9 Å². The number of hydrogen-bond acceptors (Lipinski definition) is 7. The van der Waals surface area contributed by atoms with E-state index in [4.69, 9.17) is 11.6 Å². The molecule has 1 saturated heterocycles. The van der Waals surface area contributed by atoms with E-state index < -0.39 is 11.7 Å². The topological polar surface area (TPSA) is 80.3 Å². The van der Waals surface area contributed by atoms with Crippen molar-refractivity contribution in [3.8, 4) is 5.88 Å². The molecule has 0 amide bonds. The van der Waals surface area contributed by atoms with Crippen LogP contribution in [0.3, 0.4) is 0 Å². The number of fused-ring (bicyclic) bond motifs is 1. The highest BCUT2D eigenvalue weighted by molar-refractivity contribution is 7.17. The first kappa shape index (κ1) is 26.5.